The molecule has 0 radical (unpaired) electrons. The van der Waals surface area contributed by atoms with Crippen molar-refractivity contribution >= 4 is 22.5 Å². The van der Waals surface area contributed by atoms with E-state index in [0.29, 0.717) is 16.9 Å². The van der Waals surface area contributed by atoms with Gasteiger partial charge in [0.1, 0.15) is 5.69 Å². The van der Waals surface area contributed by atoms with E-state index in [-0.39, 0.29) is 11.5 Å². The highest BCUT2D eigenvalue weighted by atomic mass is 16.2. The van der Waals surface area contributed by atoms with E-state index in [1.165, 1.54) is 0 Å². The summed E-state index contributed by atoms with van der Waals surface area (Å²) in [5.74, 6) is -0.300. The van der Waals surface area contributed by atoms with Gasteiger partial charge in [-0.1, -0.05) is 6.07 Å². The first-order valence-corrected chi connectivity index (χ1v) is 9.20. The standard InChI is InChI=1S/C22H21N5O2/c1-13-5-6-16(25-21(28)19-11-26(3)12-24-19)9-17(13)18-8-15-10-23-14(2)7-20(15)27(4)22(18)29/h5-12H,1-4H3,(H,25,28). The van der Waals surface area contributed by atoms with E-state index in [2.05, 4.69) is 15.3 Å². The third kappa shape index (κ3) is 3.42. The van der Waals surface area contributed by atoms with Gasteiger partial charge < -0.3 is 14.5 Å². The van der Waals surface area contributed by atoms with Crippen LogP contribution in [0.25, 0.3) is 22.0 Å². The lowest BCUT2D eigenvalue weighted by Gasteiger charge is -2.13. The van der Waals surface area contributed by atoms with Crippen LogP contribution in [0.1, 0.15) is 21.7 Å². The summed E-state index contributed by atoms with van der Waals surface area (Å²) in [7, 11) is 3.56. The van der Waals surface area contributed by atoms with Gasteiger partial charge in [-0.3, -0.25) is 14.6 Å². The average molecular weight is 387 g/mol. The van der Waals surface area contributed by atoms with Crippen molar-refractivity contribution in [3.63, 3.8) is 0 Å². The Hall–Kier alpha value is -3.74. The van der Waals surface area contributed by atoms with Crippen molar-refractivity contribution in [3.05, 3.63) is 76.4 Å². The van der Waals surface area contributed by atoms with Crippen molar-refractivity contribution in [3.8, 4) is 11.1 Å². The van der Waals surface area contributed by atoms with Gasteiger partial charge in [0.2, 0.25) is 0 Å². The Balaban J connectivity index is 1.78. The maximum atomic E-state index is 13.0. The van der Waals surface area contributed by atoms with Gasteiger partial charge >= 0.3 is 0 Å². The first-order chi connectivity index (χ1) is 13.8. The quantitative estimate of drug-likeness (QED) is 0.585. The second-order valence-electron chi connectivity index (χ2n) is 7.21. The molecule has 0 atom stereocenters. The van der Waals surface area contributed by atoms with Crippen LogP contribution >= 0.6 is 0 Å². The van der Waals surface area contributed by atoms with E-state index in [0.717, 1.165) is 27.7 Å². The topological polar surface area (TPSA) is 81.8 Å². The molecule has 4 rings (SSSR count). The molecule has 0 saturated carbocycles. The molecule has 1 N–H and O–H groups in total. The lowest BCUT2D eigenvalue weighted by Crippen LogP contribution is -2.19. The molecule has 0 aliphatic rings. The second kappa shape index (κ2) is 7.01. The highest BCUT2D eigenvalue weighted by Gasteiger charge is 2.14. The molecule has 1 aromatic carbocycles. The van der Waals surface area contributed by atoms with Crippen molar-refractivity contribution in [2.75, 3.05) is 5.32 Å². The number of carbonyl (C=O) groups is 1. The van der Waals surface area contributed by atoms with Crippen molar-refractivity contribution in [2.45, 2.75) is 13.8 Å². The Kier molecular flexibility index (Phi) is 4.50. The van der Waals surface area contributed by atoms with Gasteiger partial charge in [0, 0.05) is 48.8 Å². The molecular formula is C22H21N5O2. The summed E-state index contributed by atoms with van der Waals surface area (Å²) in [5, 5.41) is 3.74. The molecule has 4 aromatic rings. The van der Waals surface area contributed by atoms with Crippen LogP contribution in [0.3, 0.4) is 0 Å². The number of carbonyl (C=O) groups excluding carboxylic acids is 1. The predicted octanol–water partition coefficient (Wildman–Crippen LogP) is 3.20. The van der Waals surface area contributed by atoms with E-state index in [4.69, 9.17) is 0 Å². The highest BCUT2D eigenvalue weighted by molar-refractivity contribution is 6.03. The van der Waals surface area contributed by atoms with E-state index in [9.17, 15) is 9.59 Å². The van der Waals surface area contributed by atoms with E-state index >= 15 is 0 Å². The fourth-order valence-corrected chi connectivity index (χ4v) is 3.37. The molecule has 0 bridgehead atoms. The second-order valence-corrected chi connectivity index (χ2v) is 7.21. The number of imidazole rings is 1. The van der Waals surface area contributed by atoms with Gasteiger partial charge in [-0.05, 0) is 49.2 Å². The number of benzene rings is 1. The molecular weight excluding hydrogens is 366 g/mol. The molecule has 0 aliphatic heterocycles. The minimum atomic E-state index is -0.300. The summed E-state index contributed by atoms with van der Waals surface area (Å²) in [4.78, 5) is 33.9. The maximum absolute atomic E-state index is 13.0. The minimum absolute atomic E-state index is 0.0978. The predicted molar refractivity (Wildman–Crippen MR) is 113 cm³/mol. The van der Waals surface area contributed by atoms with Gasteiger partial charge in [-0.25, -0.2) is 4.98 Å². The maximum Gasteiger partial charge on any atom is 0.275 e. The van der Waals surface area contributed by atoms with Crippen LogP contribution in [0, 0.1) is 13.8 Å². The number of rotatable bonds is 3. The normalized spacial score (nSPS) is 11.0. The van der Waals surface area contributed by atoms with Gasteiger partial charge in [-0.15, -0.1) is 0 Å². The van der Waals surface area contributed by atoms with Crippen molar-refractivity contribution < 1.29 is 4.79 Å². The minimum Gasteiger partial charge on any atom is -0.340 e. The number of aromatic nitrogens is 4. The Morgan fingerprint density at radius 1 is 1.03 bits per heavy atom. The SMILES string of the molecule is Cc1cc2c(cn1)cc(-c1cc(NC(=O)c3cn(C)cn3)ccc1C)c(=O)n2C. The molecule has 0 aliphatic carbocycles. The number of aryl methyl sites for hydroxylation is 4. The Morgan fingerprint density at radius 2 is 1.83 bits per heavy atom. The number of amides is 1. The number of nitrogens with zero attached hydrogens (tertiary/aromatic N) is 4. The lowest BCUT2D eigenvalue weighted by atomic mass is 9.99. The summed E-state index contributed by atoms with van der Waals surface area (Å²) in [6.07, 6.45) is 5.00. The Labute approximate surface area is 167 Å². The number of anilines is 1. The van der Waals surface area contributed by atoms with Crippen LogP contribution < -0.4 is 10.9 Å². The third-order valence-electron chi connectivity index (χ3n) is 4.97. The molecule has 0 saturated heterocycles. The van der Waals surface area contributed by atoms with Gasteiger partial charge in [-0.2, -0.15) is 0 Å². The Bertz CT molecular complexity index is 1320. The summed E-state index contributed by atoms with van der Waals surface area (Å²) in [5.41, 5.74) is 4.81. The molecule has 7 heteroatoms. The fraction of sp³-hybridized carbons (Fsp3) is 0.182. The van der Waals surface area contributed by atoms with E-state index in [1.54, 1.807) is 42.0 Å². The van der Waals surface area contributed by atoms with Crippen LogP contribution in [0.5, 0.6) is 0 Å². The molecule has 0 fully saturated rings. The summed E-state index contributed by atoms with van der Waals surface area (Å²) in [6.45, 7) is 3.84. The monoisotopic (exact) mass is 387 g/mol. The number of pyridine rings is 2. The van der Waals surface area contributed by atoms with Gasteiger partial charge in [0.15, 0.2) is 0 Å². The van der Waals surface area contributed by atoms with Crippen molar-refractivity contribution in [1.29, 1.82) is 0 Å². The Morgan fingerprint density at radius 3 is 2.55 bits per heavy atom. The molecule has 29 heavy (non-hydrogen) atoms. The summed E-state index contributed by atoms with van der Waals surface area (Å²) >= 11 is 0. The van der Waals surface area contributed by atoms with Crippen LogP contribution in [-0.2, 0) is 14.1 Å². The first kappa shape index (κ1) is 18.6. The highest BCUT2D eigenvalue weighted by Crippen LogP contribution is 2.27. The van der Waals surface area contributed by atoms with Crippen LogP contribution in [0.2, 0.25) is 0 Å². The summed E-state index contributed by atoms with van der Waals surface area (Å²) < 4.78 is 3.35. The summed E-state index contributed by atoms with van der Waals surface area (Å²) in [6, 6.07) is 9.28. The lowest BCUT2D eigenvalue weighted by molar-refractivity contribution is 0.102. The number of fused-ring (bicyclic) bond motifs is 1. The third-order valence-corrected chi connectivity index (χ3v) is 4.97. The van der Waals surface area contributed by atoms with Crippen LogP contribution in [0.4, 0.5) is 5.69 Å². The fourth-order valence-electron chi connectivity index (χ4n) is 3.37. The van der Waals surface area contributed by atoms with Crippen LogP contribution in [0.15, 0.2) is 53.8 Å². The zero-order valence-electron chi connectivity index (χ0n) is 16.7. The van der Waals surface area contributed by atoms with E-state index in [1.807, 2.05) is 44.2 Å². The molecule has 0 spiro atoms. The number of nitrogens with one attached hydrogen (secondary N) is 1. The zero-order valence-corrected chi connectivity index (χ0v) is 16.7. The first-order valence-electron chi connectivity index (χ1n) is 9.20. The molecule has 146 valence electrons. The molecule has 0 unspecified atom stereocenters. The largest absolute Gasteiger partial charge is 0.340 e. The molecule has 3 heterocycles. The molecule has 7 nitrogen and oxygen atoms in total. The molecule has 1 amide bonds. The molecule has 3 aromatic heterocycles. The number of hydrogen-bond acceptors (Lipinski definition) is 4. The smallest absolute Gasteiger partial charge is 0.275 e. The van der Waals surface area contributed by atoms with Crippen LogP contribution in [-0.4, -0.2) is 25.0 Å². The van der Waals surface area contributed by atoms with Crippen molar-refractivity contribution in [2.24, 2.45) is 14.1 Å². The van der Waals surface area contributed by atoms with E-state index < -0.39 is 0 Å². The van der Waals surface area contributed by atoms with Crippen molar-refractivity contribution in [1.82, 2.24) is 19.1 Å². The number of hydrogen-bond donors (Lipinski definition) is 1. The van der Waals surface area contributed by atoms with Gasteiger partial charge in [0.25, 0.3) is 11.5 Å². The van der Waals surface area contributed by atoms with Gasteiger partial charge in [0.05, 0.1) is 11.8 Å². The average Bonchev–Trinajstić information content (AvgIpc) is 3.13. The zero-order chi connectivity index (χ0) is 20.7.